The SMILES string of the molecule is CCc1ccsc1CNCCCC(C)CCN. The summed E-state index contributed by atoms with van der Waals surface area (Å²) in [6.45, 7) is 7.49. The third-order valence-corrected chi connectivity index (χ3v) is 4.18. The summed E-state index contributed by atoms with van der Waals surface area (Å²) < 4.78 is 0. The molecular formula is C14H26N2S. The van der Waals surface area contributed by atoms with Gasteiger partial charge >= 0.3 is 0 Å². The van der Waals surface area contributed by atoms with Crippen molar-refractivity contribution in [2.24, 2.45) is 11.7 Å². The third-order valence-electron chi connectivity index (χ3n) is 3.21. The van der Waals surface area contributed by atoms with E-state index in [0.717, 1.165) is 38.4 Å². The minimum atomic E-state index is 0.773. The van der Waals surface area contributed by atoms with E-state index >= 15 is 0 Å². The van der Waals surface area contributed by atoms with Crippen molar-refractivity contribution in [1.29, 1.82) is 0 Å². The molecule has 0 aliphatic heterocycles. The number of aryl methyl sites for hydroxylation is 1. The van der Waals surface area contributed by atoms with E-state index in [1.165, 1.54) is 23.3 Å². The molecule has 0 saturated carbocycles. The largest absolute Gasteiger partial charge is 0.330 e. The van der Waals surface area contributed by atoms with Gasteiger partial charge in [-0.25, -0.2) is 0 Å². The summed E-state index contributed by atoms with van der Waals surface area (Å²) in [7, 11) is 0. The van der Waals surface area contributed by atoms with Crippen LogP contribution in [0.3, 0.4) is 0 Å². The summed E-state index contributed by atoms with van der Waals surface area (Å²) in [6.07, 6.45) is 4.85. The molecule has 0 spiro atoms. The molecule has 3 heteroatoms. The maximum atomic E-state index is 5.54. The Hall–Kier alpha value is -0.380. The van der Waals surface area contributed by atoms with E-state index in [0.29, 0.717) is 0 Å². The van der Waals surface area contributed by atoms with Gasteiger partial charge in [0.25, 0.3) is 0 Å². The Morgan fingerprint density at radius 1 is 1.41 bits per heavy atom. The van der Waals surface area contributed by atoms with Crippen LogP contribution in [0.1, 0.15) is 43.6 Å². The lowest BCUT2D eigenvalue weighted by atomic mass is 10.0. The second-order valence-electron chi connectivity index (χ2n) is 4.72. The van der Waals surface area contributed by atoms with Crippen molar-refractivity contribution in [2.45, 2.75) is 46.1 Å². The maximum Gasteiger partial charge on any atom is 0.0302 e. The van der Waals surface area contributed by atoms with Crippen LogP contribution in [0.5, 0.6) is 0 Å². The van der Waals surface area contributed by atoms with Crippen LogP contribution in [-0.4, -0.2) is 13.1 Å². The van der Waals surface area contributed by atoms with E-state index in [1.54, 1.807) is 0 Å². The summed E-state index contributed by atoms with van der Waals surface area (Å²) in [4.78, 5) is 1.50. The van der Waals surface area contributed by atoms with Crippen LogP contribution in [0.2, 0.25) is 0 Å². The zero-order valence-corrected chi connectivity index (χ0v) is 12.0. The highest BCUT2D eigenvalue weighted by atomic mass is 32.1. The molecule has 0 aliphatic carbocycles. The van der Waals surface area contributed by atoms with Crippen molar-refractivity contribution in [2.75, 3.05) is 13.1 Å². The molecule has 1 unspecified atom stereocenters. The number of hydrogen-bond donors (Lipinski definition) is 2. The lowest BCUT2D eigenvalue weighted by Crippen LogP contribution is -2.16. The number of nitrogens with two attached hydrogens (primary N) is 1. The zero-order valence-electron chi connectivity index (χ0n) is 11.2. The Kier molecular flexibility index (Phi) is 7.49. The Morgan fingerprint density at radius 3 is 2.94 bits per heavy atom. The van der Waals surface area contributed by atoms with Crippen molar-refractivity contribution in [3.63, 3.8) is 0 Å². The highest BCUT2D eigenvalue weighted by molar-refractivity contribution is 7.10. The van der Waals surface area contributed by atoms with Gasteiger partial charge in [0.15, 0.2) is 0 Å². The minimum Gasteiger partial charge on any atom is -0.330 e. The third kappa shape index (κ3) is 5.66. The first-order valence-corrected chi connectivity index (χ1v) is 7.61. The van der Waals surface area contributed by atoms with Crippen LogP contribution >= 0.6 is 11.3 Å². The lowest BCUT2D eigenvalue weighted by molar-refractivity contribution is 0.469. The van der Waals surface area contributed by atoms with Gasteiger partial charge in [0.2, 0.25) is 0 Å². The summed E-state index contributed by atoms with van der Waals surface area (Å²) in [6, 6.07) is 2.24. The normalized spacial score (nSPS) is 12.9. The molecule has 0 aromatic carbocycles. The Morgan fingerprint density at radius 2 is 2.24 bits per heavy atom. The standard InChI is InChI=1S/C14H26N2S/c1-3-13-7-10-17-14(13)11-16-9-4-5-12(2)6-8-15/h7,10,12,16H,3-6,8-9,11,15H2,1-2H3. The fourth-order valence-corrected chi connectivity index (χ4v) is 2.99. The van der Waals surface area contributed by atoms with Crippen LogP contribution < -0.4 is 11.1 Å². The first-order valence-electron chi connectivity index (χ1n) is 6.74. The van der Waals surface area contributed by atoms with Crippen LogP contribution in [0, 0.1) is 5.92 Å². The molecular weight excluding hydrogens is 228 g/mol. The molecule has 1 rings (SSSR count). The summed E-state index contributed by atoms with van der Waals surface area (Å²) in [5.74, 6) is 0.773. The van der Waals surface area contributed by atoms with Crippen LogP contribution in [-0.2, 0) is 13.0 Å². The van der Waals surface area contributed by atoms with Crippen molar-refractivity contribution in [1.82, 2.24) is 5.32 Å². The van der Waals surface area contributed by atoms with Gasteiger partial charge in [0.05, 0.1) is 0 Å². The fourth-order valence-electron chi connectivity index (χ4n) is 2.04. The molecule has 17 heavy (non-hydrogen) atoms. The Bertz CT molecular complexity index is 296. The van der Waals surface area contributed by atoms with Gasteiger partial charge in [0, 0.05) is 11.4 Å². The van der Waals surface area contributed by atoms with E-state index < -0.39 is 0 Å². The second kappa shape index (κ2) is 8.67. The zero-order chi connectivity index (χ0) is 12.5. The highest BCUT2D eigenvalue weighted by Gasteiger charge is 2.02. The van der Waals surface area contributed by atoms with Crippen molar-refractivity contribution >= 4 is 11.3 Å². The second-order valence-corrected chi connectivity index (χ2v) is 5.72. The number of thiophene rings is 1. The highest BCUT2D eigenvalue weighted by Crippen LogP contribution is 2.17. The molecule has 0 saturated heterocycles. The van der Waals surface area contributed by atoms with Gasteiger partial charge in [0.1, 0.15) is 0 Å². The van der Waals surface area contributed by atoms with Gasteiger partial charge in [-0.1, -0.05) is 13.8 Å². The van der Waals surface area contributed by atoms with E-state index in [9.17, 15) is 0 Å². The van der Waals surface area contributed by atoms with Crippen molar-refractivity contribution in [3.8, 4) is 0 Å². The number of rotatable bonds is 9. The molecule has 1 aromatic heterocycles. The van der Waals surface area contributed by atoms with Gasteiger partial charge in [-0.05, 0) is 61.7 Å². The van der Waals surface area contributed by atoms with Crippen molar-refractivity contribution in [3.05, 3.63) is 21.9 Å². The fraction of sp³-hybridized carbons (Fsp3) is 0.714. The predicted molar refractivity (Wildman–Crippen MR) is 77.5 cm³/mol. The molecule has 2 nitrogen and oxygen atoms in total. The molecule has 1 atom stereocenters. The quantitative estimate of drug-likeness (QED) is 0.664. The first-order chi connectivity index (χ1) is 8.27. The molecule has 0 amide bonds. The summed E-state index contributed by atoms with van der Waals surface area (Å²) in [5, 5.41) is 5.73. The molecule has 3 N–H and O–H groups in total. The summed E-state index contributed by atoms with van der Waals surface area (Å²) in [5.41, 5.74) is 7.04. The average Bonchev–Trinajstić information content (AvgIpc) is 2.76. The predicted octanol–water partition coefficient (Wildman–Crippen LogP) is 3.17. The first kappa shape index (κ1) is 14.7. The molecule has 1 heterocycles. The number of nitrogens with one attached hydrogen (secondary N) is 1. The molecule has 98 valence electrons. The lowest BCUT2D eigenvalue weighted by Gasteiger charge is -2.10. The van der Waals surface area contributed by atoms with Crippen LogP contribution in [0.25, 0.3) is 0 Å². The average molecular weight is 254 g/mol. The van der Waals surface area contributed by atoms with Gasteiger partial charge in [-0.15, -0.1) is 11.3 Å². The minimum absolute atomic E-state index is 0.773. The molecule has 0 aliphatic rings. The Labute approximate surface area is 110 Å². The van der Waals surface area contributed by atoms with E-state index in [1.807, 2.05) is 11.3 Å². The smallest absolute Gasteiger partial charge is 0.0302 e. The Balaban J connectivity index is 2.08. The monoisotopic (exact) mass is 254 g/mol. The van der Waals surface area contributed by atoms with E-state index in [-0.39, 0.29) is 0 Å². The number of hydrogen-bond acceptors (Lipinski definition) is 3. The van der Waals surface area contributed by atoms with Gasteiger partial charge in [-0.2, -0.15) is 0 Å². The van der Waals surface area contributed by atoms with E-state index in [2.05, 4.69) is 30.6 Å². The summed E-state index contributed by atoms with van der Waals surface area (Å²) >= 11 is 1.87. The topological polar surface area (TPSA) is 38.0 Å². The van der Waals surface area contributed by atoms with Crippen LogP contribution in [0.15, 0.2) is 11.4 Å². The van der Waals surface area contributed by atoms with Crippen LogP contribution in [0.4, 0.5) is 0 Å². The molecule has 1 aromatic rings. The van der Waals surface area contributed by atoms with Crippen molar-refractivity contribution < 1.29 is 0 Å². The van der Waals surface area contributed by atoms with Gasteiger partial charge < -0.3 is 11.1 Å². The van der Waals surface area contributed by atoms with Gasteiger partial charge in [-0.3, -0.25) is 0 Å². The molecule has 0 bridgehead atoms. The molecule has 0 radical (unpaired) electrons. The maximum absolute atomic E-state index is 5.54. The van der Waals surface area contributed by atoms with E-state index in [4.69, 9.17) is 5.73 Å². The molecule has 0 fully saturated rings.